The first-order valence-corrected chi connectivity index (χ1v) is 7.20. The van der Waals surface area contributed by atoms with Gasteiger partial charge in [-0.3, -0.25) is 9.89 Å². The van der Waals surface area contributed by atoms with Crippen LogP contribution in [-0.4, -0.2) is 41.1 Å². The molecule has 0 bridgehead atoms. The van der Waals surface area contributed by atoms with Gasteiger partial charge in [0.25, 0.3) is 0 Å². The van der Waals surface area contributed by atoms with Crippen molar-refractivity contribution >= 4 is 11.7 Å². The van der Waals surface area contributed by atoms with Gasteiger partial charge in [-0.05, 0) is 45.3 Å². The van der Waals surface area contributed by atoms with E-state index in [4.69, 9.17) is 0 Å². The van der Waals surface area contributed by atoms with E-state index in [1.807, 2.05) is 6.07 Å². The standard InChI is InChI=1S/C14H24N4O/c1-3-4-12-10-13(17-16-12)15-14(19)9-11-5-7-18(2)8-6-11/h10-11H,3-9H2,1-2H3,(H2,15,16,17,19). The number of carbonyl (C=O) groups is 1. The molecule has 1 aromatic heterocycles. The van der Waals surface area contributed by atoms with E-state index in [1.165, 1.54) is 0 Å². The number of H-pyrrole nitrogens is 1. The second-order valence-corrected chi connectivity index (χ2v) is 5.53. The molecule has 5 nitrogen and oxygen atoms in total. The molecule has 5 heteroatoms. The molecule has 106 valence electrons. The maximum Gasteiger partial charge on any atom is 0.225 e. The van der Waals surface area contributed by atoms with Crippen LogP contribution in [0.3, 0.4) is 0 Å². The summed E-state index contributed by atoms with van der Waals surface area (Å²) in [4.78, 5) is 14.3. The number of nitrogens with one attached hydrogen (secondary N) is 2. The van der Waals surface area contributed by atoms with E-state index in [0.29, 0.717) is 18.2 Å². The number of rotatable bonds is 5. The van der Waals surface area contributed by atoms with Crippen molar-refractivity contribution in [2.75, 3.05) is 25.5 Å². The van der Waals surface area contributed by atoms with Crippen molar-refractivity contribution < 1.29 is 4.79 Å². The van der Waals surface area contributed by atoms with Crippen molar-refractivity contribution in [3.05, 3.63) is 11.8 Å². The second kappa shape index (κ2) is 6.70. The molecule has 0 aliphatic carbocycles. The van der Waals surface area contributed by atoms with E-state index in [2.05, 4.69) is 34.4 Å². The zero-order valence-electron chi connectivity index (χ0n) is 11.9. The molecule has 2 N–H and O–H groups in total. The van der Waals surface area contributed by atoms with Crippen molar-refractivity contribution in [3.63, 3.8) is 0 Å². The molecule has 1 aliphatic rings. The number of carbonyl (C=O) groups excluding carboxylic acids is 1. The molecule has 0 spiro atoms. The number of piperidine rings is 1. The summed E-state index contributed by atoms with van der Waals surface area (Å²) in [6.07, 6.45) is 4.89. The summed E-state index contributed by atoms with van der Waals surface area (Å²) >= 11 is 0. The van der Waals surface area contributed by atoms with Gasteiger partial charge in [0.1, 0.15) is 0 Å². The fourth-order valence-electron chi connectivity index (χ4n) is 2.55. The maximum absolute atomic E-state index is 12.0. The predicted molar refractivity (Wildman–Crippen MR) is 76.1 cm³/mol. The summed E-state index contributed by atoms with van der Waals surface area (Å²) in [5, 5.41) is 9.95. The molecule has 0 saturated carbocycles. The number of anilines is 1. The SMILES string of the molecule is CCCc1cc(NC(=O)CC2CCN(C)CC2)n[nH]1. The van der Waals surface area contributed by atoms with E-state index in [1.54, 1.807) is 0 Å². The van der Waals surface area contributed by atoms with Crippen LogP contribution in [0, 0.1) is 5.92 Å². The van der Waals surface area contributed by atoms with E-state index in [-0.39, 0.29) is 5.91 Å². The monoisotopic (exact) mass is 264 g/mol. The minimum Gasteiger partial charge on any atom is -0.309 e. The fourth-order valence-corrected chi connectivity index (χ4v) is 2.55. The van der Waals surface area contributed by atoms with Gasteiger partial charge >= 0.3 is 0 Å². The number of amides is 1. The molecule has 0 aromatic carbocycles. The lowest BCUT2D eigenvalue weighted by Crippen LogP contribution is -2.31. The normalized spacial score (nSPS) is 17.6. The van der Waals surface area contributed by atoms with Gasteiger partial charge in [-0.25, -0.2) is 0 Å². The lowest BCUT2D eigenvalue weighted by molar-refractivity contribution is -0.117. The highest BCUT2D eigenvalue weighted by molar-refractivity contribution is 5.89. The molecule has 1 saturated heterocycles. The third kappa shape index (κ3) is 4.35. The highest BCUT2D eigenvalue weighted by Gasteiger charge is 2.19. The minimum atomic E-state index is 0.0871. The Hall–Kier alpha value is -1.36. The van der Waals surface area contributed by atoms with Gasteiger partial charge in [-0.15, -0.1) is 0 Å². The summed E-state index contributed by atoms with van der Waals surface area (Å²) in [5.74, 6) is 1.26. The maximum atomic E-state index is 12.0. The number of likely N-dealkylation sites (tertiary alicyclic amines) is 1. The molecule has 0 radical (unpaired) electrons. The van der Waals surface area contributed by atoms with E-state index in [9.17, 15) is 4.79 Å². The van der Waals surface area contributed by atoms with E-state index < -0.39 is 0 Å². The zero-order chi connectivity index (χ0) is 13.7. The van der Waals surface area contributed by atoms with E-state index in [0.717, 1.165) is 44.5 Å². The molecular formula is C14H24N4O. The van der Waals surface area contributed by atoms with Crippen LogP contribution in [0.5, 0.6) is 0 Å². The molecular weight excluding hydrogens is 240 g/mol. The Labute approximate surface area is 114 Å². The fraction of sp³-hybridized carbons (Fsp3) is 0.714. The molecule has 0 unspecified atom stereocenters. The van der Waals surface area contributed by atoms with Crippen LogP contribution in [0.15, 0.2) is 6.07 Å². The van der Waals surface area contributed by atoms with Gasteiger partial charge in [0.15, 0.2) is 5.82 Å². The van der Waals surface area contributed by atoms with Crippen LogP contribution in [0.1, 0.15) is 38.3 Å². The highest BCUT2D eigenvalue weighted by atomic mass is 16.1. The highest BCUT2D eigenvalue weighted by Crippen LogP contribution is 2.20. The molecule has 2 heterocycles. The van der Waals surface area contributed by atoms with Gasteiger partial charge in [0, 0.05) is 18.2 Å². The van der Waals surface area contributed by atoms with Gasteiger partial charge in [-0.2, -0.15) is 5.10 Å². The number of hydrogen-bond acceptors (Lipinski definition) is 3. The van der Waals surface area contributed by atoms with Crippen LogP contribution in [-0.2, 0) is 11.2 Å². The van der Waals surface area contributed by atoms with Crippen molar-refractivity contribution in [1.29, 1.82) is 0 Å². The smallest absolute Gasteiger partial charge is 0.225 e. The van der Waals surface area contributed by atoms with Crippen LogP contribution < -0.4 is 5.32 Å². The van der Waals surface area contributed by atoms with Crippen molar-refractivity contribution in [1.82, 2.24) is 15.1 Å². The molecule has 1 aromatic rings. The third-order valence-corrected chi connectivity index (χ3v) is 3.73. The van der Waals surface area contributed by atoms with Crippen LogP contribution in [0.25, 0.3) is 0 Å². The Morgan fingerprint density at radius 2 is 2.26 bits per heavy atom. The van der Waals surface area contributed by atoms with Crippen LogP contribution in [0.4, 0.5) is 5.82 Å². The average Bonchev–Trinajstić information content (AvgIpc) is 2.80. The molecule has 19 heavy (non-hydrogen) atoms. The van der Waals surface area contributed by atoms with Crippen LogP contribution in [0.2, 0.25) is 0 Å². The quantitative estimate of drug-likeness (QED) is 0.855. The first kappa shape index (κ1) is 14.1. The van der Waals surface area contributed by atoms with Crippen molar-refractivity contribution in [2.45, 2.75) is 39.0 Å². The van der Waals surface area contributed by atoms with E-state index >= 15 is 0 Å². The number of aryl methyl sites for hydroxylation is 1. The number of hydrogen-bond donors (Lipinski definition) is 2. The Morgan fingerprint density at radius 3 is 2.95 bits per heavy atom. The number of nitrogens with zero attached hydrogens (tertiary/aromatic N) is 2. The molecule has 1 aliphatic heterocycles. The van der Waals surface area contributed by atoms with Gasteiger partial charge in [-0.1, -0.05) is 13.3 Å². The minimum absolute atomic E-state index is 0.0871. The second-order valence-electron chi connectivity index (χ2n) is 5.53. The van der Waals surface area contributed by atoms with Gasteiger partial charge < -0.3 is 10.2 Å². The third-order valence-electron chi connectivity index (χ3n) is 3.73. The zero-order valence-corrected chi connectivity index (χ0v) is 11.9. The first-order valence-electron chi connectivity index (χ1n) is 7.20. The summed E-state index contributed by atoms with van der Waals surface area (Å²) in [6.45, 7) is 4.32. The molecule has 1 amide bonds. The number of aromatic amines is 1. The van der Waals surface area contributed by atoms with Crippen LogP contribution >= 0.6 is 0 Å². The Bertz CT molecular complexity index is 407. The molecule has 1 fully saturated rings. The summed E-state index contributed by atoms with van der Waals surface area (Å²) in [7, 11) is 2.13. The summed E-state index contributed by atoms with van der Waals surface area (Å²) in [6, 6.07) is 1.93. The van der Waals surface area contributed by atoms with Crippen molar-refractivity contribution in [2.24, 2.45) is 5.92 Å². The first-order chi connectivity index (χ1) is 9.17. The van der Waals surface area contributed by atoms with Gasteiger partial charge in [0.05, 0.1) is 0 Å². The lowest BCUT2D eigenvalue weighted by atomic mass is 9.93. The Kier molecular flexibility index (Phi) is 4.96. The van der Waals surface area contributed by atoms with Gasteiger partial charge in [0.2, 0.25) is 5.91 Å². The lowest BCUT2D eigenvalue weighted by Gasteiger charge is -2.28. The summed E-state index contributed by atoms with van der Waals surface area (Å²) < 4.78 is 0. The average molecular weight is 264 g/mol. The largest absolute Gasteiger partial charge is 0.309 e. The topological polar surface area (TPSA) is 61.0 Å². The predicted octanol–water partition coefficient (Wildman–Crippen LogP) is 2.03. The Balaban J connectivity index is 1.77. The molecule has 2 rings (SSSR count). The summed E-state index contributed by atoms with van der Waals surface area (Å²) in [5.41, 5.74) is 1.08. The van der Waals surface area contributed by atoms with Crippen molar-refractivity contribution in [3.8, 4) is 0 Å². The Morgan fingerprint density at radius 1 is 1.53 bits per heavy atom. The number of aromatic nitrogens is 2. The molecule has 0 atom stereocenters.